The molecule has 0 saturated heterocycles. The van der Waals surface area contributed by atoms with Crippen LogP contribution in [0.5, 0.6) is 0 Å². The van der Waals surface area contributed by atoms with Crippen LogP contribution in [0, 0.1) is 0 Å². The van der Waals surface area contributed by atoms with Crippen LogP contribution in [0.4, 0.5) is 0 Å². The second kappa shape index (κ2) is 4.14. The minimum Gasteiger partial charge on any atom is -0.427 e. The molecule has 4 nitrogen and oxygen atoms in total. The first-order chi connectivity index (χ1) is 7.79. The van der Waals surface area contributed by atoms with Crippen LogP contribution in [0.1, 0.15) is 46.6 Å². The second-order valence-corrected chi connectivity index (χ2v) is 5.79. The van der Waals surface area contributed by atoms with Gasteiger partial charge in [0.05, 0.1) is 17.2 Å². The van der Waals surface area contributed by atoms with E-state index in [-0.39, 0.29) is 0 Å². The van der Waals surface area contributed by atoms with Crippen LogP contribution in [0.15, 0.2) is 12.4 Å². The van der Waals surface area contributed by atoms with Gasteiger partial charge in [-0.2, -0.15) is 5.10 Å². The van der Waals surface area contributed by atoms with Gasteiger partial charge in [0.25, 0.3) is 0 Å². The number of aromatic nitrogens is 2. The van der Waals surface area contributed by atoms with E-state index in [9.17, 15) is 5.11 Å². The van der Waals surface area contributed by atoms with Crippen molar-refractivity contribution in [3.8, 4) is 0 Å². The summed E-state index contributed by atoms with van der Waals surface area (Å²) in [4.78, 5) is 0. The minimum atomic E-state index is -0.893. The van der Waals surface area contributed by atoms with E-state index in [1.54, 1.807) is 27.5 Å². The normalized spacial score (nSPS) is 17.2. The number of hydrogen-bond donors (Lipinski definition) is 1. The molecule has 1 aliphatic rings. The fourth-order valence-electron chi connectivity index (χ4n) is 1.31. The van der Waals surface area contributed by atoms with Crippen molar-refractivity contribution in [2.45, 2.75) is 57.8 Å². The summed E-state index contributed by atoms with van der Waals surface area (Å²) in [5.41, 5.74) is -0.584. The zero-order valence-corrected chi connectivity index (χ0v) is 11.0. The molecule has 1 aromatic rings. The first-order valence-electron chi connectivity index (χ1n) is 6.07. The van der Waals surface area contributed by atoms with Gasteiger partial charge in [0.1, 0.15) is 0 Å². The molecule has 0 aromatic carbocycles. The van der Waals surface area contributed by atoms with Gasteiger partial charge in [0.15, 0.2) is 0 Å². The van der Waals surface area contributed by atoms with Crippen LogP contribution in [-0.2, 0) is 4.65 Å². The van der Waals surface area contributed by atoms with Crippen LogP contribution >= 0.6 is 0 Å². The lowest BCUT2D eigenvalue weighted by Crippen LogP contribution is -2.49. The minimum absolute atomic E-state index is 0.583. The molecule has 0 amide bonds. The van der Waals surface area contributed by atoms with Gasteiger partial charge in [-0.3, -0.25) is 4.68 Å². The summed E-state index contributed by atoms with van der Waals surface area (Å²) in [5, 5.41) is 14.2. The average molecular weight is 235 g/mol. The van der Waals surface area contributed by atoms with Crippen molar-refractivity contribution in [2.24, 2.45) is 0 Å². The third-order valence-corrected chi connectivity index (χ3v) is 3.51. The summed E-state index contributed by atoms with van der Waals surface area (Å²) in [7, 11) is 1.67. The topological polar surface area (TPSA) is 47.3 Å². The van der Waals surface area contributed by atoms with E-state index in [0.29, 0.717) is 6.04 Å². The summed E-state index contributed by atoms with van der Waals surface area (Å²) >= 11 is 0. The molecule has 93 valence electrons. The van der Waals surface area contributed by atoms with Crippen molar-refractivity contribution >= 4 is 12.9 Å². The molecule has 1 aromatic heterocycles. The highest BCUT2D eigenvalue weighted by atomic mass is 16.5. The van der Waals surface area contributed by atoms with E-state index in [4.69, 9.17) is 4.65 Å². The highest BCUT2D eigenvalue weighted by molar-refractivity contribution is 6.46. The molecular weight excluding hydrogens is 215 g/mol. The molecule has 0 spiro atoms. The van der Waals surface area contributed by atoms with E-state index in [1.807, 2.05) is 24.7 Å². The number of nitrogens with zero attached hydrogens (tertiary/aromatic N) is 2. The average Bonchev–Trinajstić information content (AvgIpc) is 2.94. The quantitative estimate of drug-likeness (QED) is 0.775. The van der Waals surface area contributed by atoms with E-state index in [2.05, 4.69) is 5.10 Å². The maximum Gasteiger partial charge on any atom is 0.334 e. The highest BCUT2D eigenvalue weighted by Gasteiger charge is 2.36. The van der Waals surface area contributed by atoms with Gasteiger partial charge >= 0.3 is 7.48 Å². The van der Waals surface area contributed by atoms with Crippen molar-refractivity contribution in [3.05, 3.63) is 12.4 Å². The Bertz CT molecular complexity index is 391. The smallest absolute Gasteiger partial charge is 0.334 e. The third kappa shape index (κ3) is 2.90. The number of hydrogen-bond acceptors (Lipinski definition) is 3. The van der Waals surface area contributed by atoms with Crippen molar-refractivity contribution in [2.75, 3.05) is 0 Å². The Morgan fingerprint density at radius 3 is 2.59 bits per heavy atom. The maximum absolute atomic E-state index is 9.96. The Morgan fingerprint density at radius 1 is 1.41 bits per heavy atom. The molecule has 17 heavy (non-hydrogen) atoms. The summed E-state index contributed by atoms with van der Waals surface area (Å²) in [6.07, 6.45) is 6.21. The molecule has 0 bridgehead atoms. The van der Waals surface area contributed by atoms with Gasteiger partial charge in [-0.25, -0.2) is 0 Å². The lowest BCUT2D eigenvalue weighted by Gasteiger charge is -2.37. The van der Waals surface area contributed by atoms with Crippen LogP contribution in [0.25, 0.3) is 0 Å². The zero-order valence-electron chi connectivity index (χ0n) is 11.0. The van der Waals surface area contributed by atoms with Gasteiger partial charge < -0.3 is 9.76 Å². The van der Waals surface area contributed by atoms with Gasteiger partial charge in [-0.1, -0.05) is 0 Å². The van der Waals surface area contributed by atoms with Crippen molar-refractivity contribution in [1.29, 1.82) is 0 Å². The Labute approximate surface area is 103 Å². The largest absolute Gasteiger partial charge is 0.427 e. The molecule has 1 N–H and O–H groups in total. The van der Waals surface area contributed by atoms with Crippen molar-refractivity contribution in [3.63, 3.8) is 0 Å². The standard InChI is InChI=1S/C12H20BN2O2/c1-11(2,16)12(3,4)17-13-9-7-14-15(8-9)10-5-6-10/h7-8,10,16H,5-6H2,1-4H3. The van der Waals surface area contributed by atoms with Gasteiger partial charge in [-0.15, -0.1) is 0 Å². The van der Waals surface area contributed by atoms with Gasteiger partial charge in [-0.05, 0) is 46.0 Å². The lowest BCUT2D eigenvalue weighted by molar-refractivity contribution is -0.0893. The van der Waals surface area contributed by atoms with E-state index in [0.717, 1.165) is 5.46 Å². The molecule has 1 aliphatic carbocycles. The first kappa shape index (κ1) is 12.6. The van der Waals surface area contributed by atoms with Crippen LogP contribution in [0.2, 0.25) is 0 Å². The summed E-state index contributed by atoms with van der Waals surface area (Å²) < 4.78 is 7.64. The Hall–Kier alpha value is -0.805. The molecule has 1 heterocycles. The summed E-state index contributed by atoms with van der Waals surface area (Å²) in [6.45, 7) is 7.23. The van der Waals surface area contributed by atoms with E-state index >= 15 is 0 Å². The van der Waals surface area contributed by atoms with Crippen molar-refractivity contribution in [1.82, 2.24) is 9.78 Å². The Morgan fingerprint density at radius 2 is 2.06 bits per heavy atom. The van der Waals surface area contributed by atoms with Crippen LogP contribution < -0.4 is 5.46 Å². The van der Waals surface area contributed by atoms with Gasteiger partial charge in [0, 0.05) is 12.4 Å². The molecule has 1 fully saturated rings. The zero-order chi connectivity index (χ0) is 12.7. The predicted molar refractivity (Wildman–Crippen MR) is 67.3 cm³/mol. The molecule has 1 radical (unpaired) electrons. The van der Waals surface area contributed by atoms with E-state index in [1.165, 1.54) is 12.8 Å². The maximum atomic E-state index is 9.96. The molecular formula is C12H20BN2O2. The summed E-state index contributed by atoms with van der Waals surface area (Å²) in [5.74, 6) is 0. The summed E-state index contributed by atoms with van der Waals surface area (Å²) in [6, 6.07) is 0.583. The SMILES string of the molecule is CC(C)(O)C(C)(C)O[B]c1cnn(C2CC2)c1. The highest BCUT2D eigenvalue weighted by Crippen LogP contribution is 2.33. The molecule has 0 atom stereocenters. The molecule has 5 heteroatoms. The van der Waals surface area contributed by atoms with Crippen LogP contribution in [0.3, 0.4) is 0 Å². The van der Waals surface area contributed by atoms with Crippen LogP contribution in [-0.4, -0.2) is 33.6 Å². The molecule has 1 saturated carbocycles. The first-order valence-corrected chi connectivity index (χ1v) is 6.07. The molecule has 0 unspecified atom stereocenters. The molecule has 0 aliphatic heterocycles. The lowest BCUT2D eigenvalue weighted by atomic mass is 9.84. The van der Waals surface area contributed by atoms with Gasteiger partial charge in [0.2, 0.25) is 0 Å². The monoisotopic (exact) mass is 235 g/mol. The fourth-order valence-corrected chi connectivity index (χ4v) is 1.31. The van der Waals surface area contributed by atoms with E-state index < -0.39 is 11.2 Å². The Balaban J connectivity index is 1.92. The predicted octanol–water partition coefficient (Wildman–Crippen LogP) is 1.03. The number of rotatable bonds is 5. The van der Waals surface area contributed by atoms with Crippen molar-refractivity contribution < 1.29 is 9.76 Å². The number of aliphatic hydroxyl groups is 1. The third-order valence-electron chi connectivity index (χ3n) is 3.51. The second-order valence-electron chi connectivity index (χ2n) is 5.79. The fraction of sp³-hybridized carbons (Fsp3) is 0.750. The Kier molecular flexibility index (Phi) is 3.08. The molecule has 2 rings (SSSR count).